The van der Waals surface area contributed by atoms with Gasteiger partial charge in [0.2, 0.25) is 88.6 Å². The number of carboxylic acids is 1. The molecule has 19 atom stereocenters. The Morgan fingerprint density at radius 3 is 1.25 bits per heavy atom. The monoisotopic (exact) mass is 1900 g/mol. The van der Waals surface area contributed by atoms with Crippen molar-refractivity contribution in [2.24, 2.45) is 45.3 Å². The molecule has 0 saturated carbocycles. The SMILES string of the molecule is CC[C@H](C)[C@H](NC(=O)[C@@H]1C[C@@H](O)CN1)C(=O)N[C@H](C(=O)N[C@@H](Cc1ccc(O)cc1)C(=O)N[C@H](C(=O)N[C@@H](CC(N)=O)C(=O)N[C@@H](CCCN=C(N)N)C(=O)N[C@@H](CCNC(C)C)C(=O)N[C@H](C(=O)N[C@H](CCN)C(=O)N[C@@H](CCCCN)C(=O)N[C@@H](CS)C(=O)N[C@@H](CCN)C(=O)N[C@@H](CCCNC(C)C)C(=O)N[C@@H](Cc1ccc(O)cc1)C(=O)O)[C@@H](C)O)C(C)(C)S)[C@@H](C)O. The van der Waals surface area contributed by atoms with Gasteiger partial charge in [0.05, 0.1) is 30.8 Å². The Hall–Kier alpha value is -10.8. The quantitative estimate of drug-likeness (QED) is 0.0127. The lowest BCUT2D eigenvalue weighted by atomic mass is 9.96. The van der Waals surface area contributed by atoms with Crippen LogP contribution in [0.3, 0.4) is 0 Å². The van der Waals surface area contributed by atoms with Crippen molar-refractivity contribution in [1.82, 2.24) is 90.4 Å². The number of carbonyl (C=O) groups excluding carboxylic acids is 15. The standard InChI is InChI=1S/C84H142N24O22S2/c1-11-44(6)64(105-74(121)58-38-51(113)40-94-58)78(125)107-66(46(8)110)80(127)101-59(36-47-19-23-49(111)24-20-47)76(123)108-67(84(9,10)132)81(128)102-60(39-63(88)114)75(122)97-53(18-15-34-93-83(89)90)68(115)99-57(29-35-92-43(4)5)73(120)106-65(45(7)109)79(126)100-56(28-32-87)72(119)95-52(16-12-13-30-85)70(117)104-62(41-131)77(124)98-55(27-31-86)71(118)96-54(17-14-33-91-42(2)3)69(116)103-61(82(129)130)37-48-21-25-50(112)26-22-48/h19-26,42-46,51-62,64-67,91-92,94,109-113,131-132H,11-18,27-41,85-87H2,1-10H3,(H2,88,114)(H,95,119)(H,96,118)(H,97,122)(H,98,124)(H,99,115)(H,100,126)(H,101,127)(H,102,128)(H,103,116)(H,104,117)(H,105,121)(H,106,120)(H,107,125)(H,108,123)(H,129,130)(H4,89,90,93)/t44-,45+,46+,51+,52-,53-,54-,55-,56+,57-,58-,59-,60-,61-,62-,64-,65-,66-,67+/m0/s1. The minimum Gasteiger partial charge on any atom is -0.508 e. The van der Waals surface area contributed by atoms with Crippen molar-refractivity contribution < 1.29 is 107 Å². The highest BCUT2D eigenvalue weighted by atomic mass is 32.1. The molecule has 2 aromatic rings. The first-order valence-corrected chi connectivity index (χ1v) is 45.2. The average molecular weight is 1900 g/mol. The van der Waals surface area contributed by atoms with Crippen molar-refractivity contribution in [2.75, 3.05) is 51.6 Å². The van der Waals surface area contributed by atoms with Gasteiger partial charge in [0.15, 0.2) is 5.96 Å². The number of carbonyl (C=O) groups is 16. The summed E-state index contributed by atoms with van der Waals surface area (Å²) in [5.41, 5.74) is 35.4. The number of hydrogen-bond donors (Lipinski definition) is 31. The number of β-amino-alcohol motifs (C(OH)–C–C–N with tert-alkyl or cyclic N) is 1. The van der Waals surface area contributed by atoms with Gasteiger partial charge in [-0.3, -0.25) is 76.9 Å². The molecular formula is C84H142N24O22S2. The summed E-state index contributed by atoms with van der Waals surface area (Å²) in [5.74, 6) is -18.4. The number of hydrogen-bond acceptors (Lipinski definition) is 30. The summed E-state index contributed by atoms with van der Waals surface area (Å²) in [6.07, 6.45) is -5.82. The first kappa shape index (κ1) is 115. The van der Waals surface area contributed by atoms with E-state index < -0.39 is 226 Å². The van der Waals surface area contributed by atoms with E-state index in [9.17, 15) is 107 Å². The van der Waals surface area contributed by atoms with Crippen molar-refractivity contribution >= 4 is 126 Å². The molecule has 48 heteroatoms. The van der Waals surface area contributed by atoms with Crippen molar-refractivity contribution in [3.05, 3.63) is 59.7 Å². The molecular weight excluding hydrogens is 1760 g/mol. The number of primary amides is 1. The summed E-state index contributed by atoms with van der Waals surface area (Å²) >= 11 is 8.91. The molecule has 1 heterocycles. The molecule has 15 amide bonds. The maximum absolute atomic E-state index is 14.8. The van der Waals surface area contributed by atoms with Crippen LogP contribution in [0.15, 0.2) is 53.5 Å². The van der Waals surface area contributed by atoms with Crippen molar-refractivity contribution in [3.8, 4) is 11.5 Å². The molecule has 1 fully saturated rings. The molecule has 0 spiro atoms. The largest absolute Gasteiger partial charge is 0.508 e. The number of phenolic OH excluding ortho intramolecular Hbond substituents is 2. The second-order valence-electron chi connectivity index (χ2n) is 33.9. The van der Waals surface area contributed by atoms with Gasteiger partial charge >= 0.3 is 5.97 Å². The number of phenols is 2. The van der Waals surface area contributed by atoms with E-state index in [1.807, 2.05) is 13.8 Å². The maximum Gasteiger partial charge on any atom is 0.326 e. The third-order valence-corrected chi connectivity index (χ3v) is 21.9. The fraction of sp³-hybridized carbons (Fsp3) is 0.655. The van der Waals surface area contributed by atoms with Gasteiger partial charge in [0, 0.05) is 48.5 Å². The van der Waals surface area contributed by atoms with Crippen molar-refractivity contribution in [2.45, 2.75) is 291 Å². The molecule has 0 bridgehead atoms. The van der Waals surface area contributed by atoms with Crippen LogP contribution in [0, 0.1) is 5.92 Å². The number of aliphatic carboxylic acids is 1. The number of guanidine groups is 1. The number of carboxylic acid groups (broad SMARTS) is 1. The van der Waals surface area contributed by atoms with Crippen LogP contribution in [0.25, 0.3) is 0 Å². The lowest BCUT2D eigenvalue weighted by Crippen LogP contribution is -2.64. The number of aliphatic hydroxyl groups excluding tert-OH is 3. The third kappa shape index (κ3) is 42.0. The minimum absolute atomic E-state index is 0.00351. The number of unbranched alkanes of at least 4 members (excludes halogenated alkanes) is 1. The zero-order valence-corrected chi connectivity index (χ0v) is 78.3. The topological polar surface area (TPSA) is 767 Å². The van der Waals surface area contributed by atoms with E-state index >= 15 is 0 Å². The Kier molecular flexibility index (Phi) is 51.5. The van der Waals surface area contributed by atoms with Gasteiger partial charge in [-0.25, -0.2) is 4.79 Å². The molecule has 0 aliphatic carbocycles. The Morgan fingerprint density at radius 2 is 0.833 bits per heavy atom. The number of aromatic hydroxyl groups is 2. The molecule has 46 nitrogen and oxygen atoms in total. The number of thiol groups is 2. The van der Waals surface area contributed by atoms with E-state index in [1.54, 1.807) is 27.7 Å². The summed E-state index contributed by atoms with van der Waals surface area (Å²) in [4.78, 5) is 230. The second-order valence-corrected chi connectivity index (χ2v) is 35.4. The average Bonchev–Trinajstić information content (AvgIpc) is 1.01. The van der Waals surface area contributed by atoms with E-state index in [4.69, 9.17) is 34.4 Å². The Bertz CT molecular complexity index is 4130. The van der Waals surface area contributed by atoms with Crippen LogP contribution >= 0.6 is 25.3 Å². The lowest BCUT2D eigenvalue weighted by molar-refractivity contribution is -0.142. The molecule has 742 valence electrons. The fourth-order valence-corrected chi connectivity index (χ4v) is 14.0. The zero-order valence-electron chi connectivity index (χ0n) is 76.5. The summed E-state index contributed by atoms with van der Waals surface area (Å²) in [5, 5.41) is 107. The summed E-state index contributed by atoms with van der Waals surface area (Å²) < 4.78 is -1.61. The van der Waals surface area contributed by atoms with Gasteiger partial charge in [-0.2, -0.15) is 25.3 Å². The zero-order chi connectivity index (χ0) is 99.4. The van der Waals surface area contributed by atoms with Gasteiger partial charge in [0.1, 0.15) is 96.1 Å². The van der Waals surface area contributed by atoms with Crippen LogP contribution in [-0.4, -0.2) is 309 Å². The van der Waals surface area contributed by atoms with Crippen LogP contribution < -0.4 is 125 Å². The smallest absolute Gasteiger partial charge is 0.326 e. The molecule has 1 saturated heterocycles. The molecule has 0 unspecified atom stereocenters. The van der Waals surface area contributed by atoms with Crippen LogP contribution in [0.5, 0.6) is 11.5 Å². The van der Waals surface area contributed by atoms with Crippen molar-refractivity contribution in [1.29, 1.82) is 0 Å². The summed E-state index contributed by atoms with van der Waals surface area (Å²) in [6, 6.07) is -12.7. The minimum atomic E-state index is -1.98. The van der Waals surface area contributed by atoms with Gasteiger partial charge in [-0.15, -0.1) is 0 Å². The lowest BCUT2D eigenvalue weighted by Gasteiger charge is -2.33. The molecule has 1 aliphatic rings. The number of nitrogens with zero attached hydrogens (tertiary/aromatic N) is 1. The normalized spacial score (nSPS) is 17.0. The molecule has 0 aromatic heterocycles. The summed E-state index contributed by atoms with van der Waals surface area (Å²) in [7, 11) is 0. The second kappa shape index (κ2) is 58.9. The number of aliphatic imine (C=N–C) groups is 1. The highest BCUT2D eigenvalue weighted by Gasteiger charge is 2.43. The number of nitrogens with two attached hydrogens (primary N) is 6. The van der Waals surface area contributed by atoms with E-state index in [1.165, 1.54) is 69.3 Å². The fourth-order valence-electron chi connectivity index (χ4n) is 13.6. The highest BCUT2D eigenvalue weighted by molar-refractivity contribution is 7.81. The first-order valence-electron chi connectivity index (χ1n) is 44.1. The number of benzene rings is 2. The van der Waals surface area contributed by atoms with Crippen LogP contribution in [0.1, 0.15) is 164 Å². The molecule has 132 heavy (non-hydrogen) atoms. The van der Waals surface area contributed by atoms with Gasteiger partial charge in [0.25, 0.3) is 0 Å². The Labute approximate surface area is 779 Å². The van der Waals surface area contributed by atoms with E-state index in [0.717, 1.165) is 6.92 Å². The Balaban J connectivity index is 1.96. The van der Waals surface area contributed by atoms with Crippen molar-refractivity contribution in [3.63, 3.8) is 0 Å². The maximum atomic E-state index is 14.8. The summed E-state index contributed by atoms with van der Waals surface area (Å²) in [6.45, 7) is 15.8. The van der Waals surface area contributed by atoms with Crippen LogP contribution in [-0.2, 0) is 89.6 Å². The van der Waals surface area contributed by atoms with Crippen LogP contribution in [0.4, 0.5) is 0 Å². The molecule has 2 aromatic carbocycles. The molecule has 35 N–H and O–H groups in total. The predicted octanol–water partition coefficient (Wildman–Crippen LogP) is -8.15. The molecule has 0 radical (unpaired) electrons. The number of rotatable bonds is 62. The van der Waals surface area contributed by atoms with Gasteiger partial charge in [-0.1, -0.05) is 72.2 Å². The molecule has 1 aliphatic heterocycles. The highest BCUT2D eigenvalue weighted by Crippen LogP contribution is 2.22. The third-order valence-electron chi connectivity index (χ3n) is 21.3. The van der Waals surface area contributed by atoms with E-state index in [2.05, 4.69) is 121 Å². The van der Waals surface area contributed by atoms with E-state index in [-0.39, 0.29) is 139 Å². The van der Waals surface area contributed by atoms with Gasteiger partial charge < -0.3 is 155 Å². The number of amides is 15. The van der Waals surface area contributed by atoms with Crippen LogP contribution in [0.2, 0.25) is 0 Å². The molecule has 3 rings (SSSR count). The Morgan fingerprint density at radius 1 is 0.455 bits per heavy atom. The first-order chi connectivity index (χ1) is 62.1. The predicted molar refractivity (Wildman–Crippen MR) is 495 cm³/mol. The van der Waals surface area contributed by atoms with E-state index in [0.29, 0.717) is 36.9 Å². The van der Waals surface area contributed by atoms with Gasteiger partial charge in [-0.05, 0) is 172 Å². The number of aliphatic hydroxyl groups is 3. The number of nitrogens with one attached hydrogen (secondary N) is 17.